The van der Waals surface area contributed by atoms with Gasteiger partial charge in [0.15, 0.2) is 0 Å². The second-order valence-corrected chi connectivity index (χ2v) is 7.14. The highest BCUT2D eigenvalue weighted by atomic mass is 19.3. The molecule has 1 atom stereocenters. The fourth-order valence-electron chi connectivity index (χ4n) is 3.55. The molecule has 2 aromatic carbocycles. The van der Waals surface area contributed by atoms with E-state index in [4.69, 9.17) is 4.74 Å². The van der Waals surface area contributed by atoms with Gasteiger partial charge in [0.2, 0.25) is 0 Å². The van der Waals surface area contributed by atoms with Crippen molar-refractivity contribution >= 4 is 22.4 Å². The Hall–Kier alpha value is -3.03. The summed E-state index contributed by atoms with van der Waals surface area (Å²) in [6, 6.07) is 7.26. The van der Waals surface area contributed by atoms with Gasteiger partial charge in [0.25, 0.3) is 6.43 Å². The Morgan fingerprint density at radius 1 is 1.17 bits per heavy atom. The molecule has 0 bridgehead atoms. The van der Waals surface area contributed by atoms with E-state index in [0.717, 1.165) is 29.4 Å². The molecule has 1 aliphatic heterocycles. The number of halogens is 3. The molecule has 1 aliphatic rings. The van der Waals surface area contributed by atoms with Gasteiger partial charge in [-0.2, -0.15) is 0 Å². The molecule has 2 heterocycles. The number of nitrogens with zero attached hydrogens (tertiary/aromatic N) is 3. The Bertz CT molecular complexity index is 1070. The normalized spacial score (nSPS) is 14.7. The third kappa shape index (κ3) is 3.54. The van der Waals surface area contributed by atoms with E-state index in [1.54, 1.807) is 13.8 Å². The van der Waals surface area contributed by atoms with E-state index in [9.17, 15) is 13.2 Å². The van der Waals surface area contributed by atoms with Crippen LogP contribution in [-0.4, -0.2) is 30.2 Å². The summed E-state index contributed by atoms with van der Waals surface area (Å²) < 4.78 is 46.4. The lowest BCUT2D eigenvalue weighted by Gasteiger charge is -2.28. The zero-order chi connectivity index (χ0) is 20.7. The number of ether oxygens (including phenoxy) is 1. The van der Waals surface area contributed by atoms with Gasteiger partial charge in [0, 0.05) is 24.1 Å². The Morgan fingerprint density at radius 3 is 2.69 bits per heavy atom. The van der Waals surface area contributed by atoms with Crippen LogP contribution in [0.1, 0.15) is 36.3 Å². The van der Waals surface area contributed by atoms with Crippen molar-refractivity contribution in [3.63, 3.8) is 0 Å². The first-order valence-electron chi connectivity index (χ1n) is 9.34. The number of hydrogen-bond donors (Lipinski definition) is 1. The molecule has 1 aromatic heterocycles. The summed E-state index contributed by atoms with van der Waals surface area (Å²) in [6.45, 7) is 4.83. The van der Waals surface area contributed by atoms with Crippen molar-refractivity contribution in [1.29, 1.82) is 0 Å². The Labute approximate surface area is 166 Å². The standard InChI is InChI=1S/C21H21F3N4O/c1-11(13-5-4-6-14(19(13)22)20(23)24)25-21-15-9-17-18(29-8-7-28(17)3)10-16(15)26-12(2)27-21/h4-6,9-11,20H,7-8H2,1-3H3,(H,25,26,27)/t11-/m1/s1. The fourth-order valence-corrected chi connectivity index (χ4v) is 3.55. The molecule has 0 radical (unpaired) electrons. The molecule has 1 N–H and O–H groups in total. The smallest absolute Gasteiger partial charge is 0.266 e. The van der Waals surface area contributed by atoms with E-state index in [1.807, 2.05) is 19.2 Å². The number of anilines is 2. The van der Waals surface area contributed by atoms with Crippen molar-refractivity contribution in [3.05, 3.63) is 53.1 Å². The average molecular weight is 402 g/mol. The molecule has 3 aromatic rings. The highest BCUT2D eigenvalue weighted by Crippen LogP contribution is 2.37. The Balaban J connectivity index is 1.76. The predicted octanol–water partition coefficient (Wildman–Crippen LogP) is 5.02. The fraction of sp³-hybridized carbons (Fsp3) is 0.333. The van der Waals surface area contributed by atoms with Gasteiger partial charge in [-0.15, -0.1) is 0 Å². The van der Waals surface area contributed by atoms with E-state index in [0.29, 0.717) is 23.8 Å². The second kappa shape index (κ2) is 7.42. The molecule has 4 rings (SSSR count). The topological polar surface area (TPSA) is 50.3 Å². The van der Waals surface area contributed by atoms with Crippen LogP contribution in [0.4, 0.5) is 24.7 Å². The Kier molecular flexibility index (Phi) is 4.94. The van der Waals surface area contributed by atoms with Crippen molar-refractivity contribution in [2.45, 2.75) is 26.3 Å². The number of rotatable bonds is 4. The summed E-state index contributed by atoms with van der Waals surface area (Å²) in [4.78, 5) is 11.0. The van der Waals surface area contributed by atoms with Gasteiger partial charge in [-0.3, -0.25) is 0 Å². The first-order chi connectivity index (χ1) is 13.8. The maximum Gasteiger partial charge on any atom is 0.266 e. The molecule has 0 unspecified atom stereocenters. The van der Waals surface area contributed by atoms with Crippen LogP contribution in [0, 0.1) is 12.7 Å². The summed E-state index contributed by atoms with van der Waals surface area (Å²) >= 11 is 0. The maximum absolute atomic E-state index is 14.6. The lowest BCUT2D eigenvalue weighted by molar-refractivity contribution is 0.146. The molecule has 0 aliphatic carbocycles. The van der Waals surface area contributed by atoms with Crippen LogP contribution in [0.5, 0.6) is 5.75 Å². The third-order valence-corrected chi connectivity index (χ3v) is 5.10. The summed E-state index contributed by atoms with van der Waals surface area (Å²) in [5.41, 5.74) is 1.17. The minimum atomic E-state index is -2.87. The molecule has 5 nitrogen and oxygen atoms in total. The lowest BCUT2D eigenvalue weighted by atomic mass is 10.0. The van der Waals surface area contributed by atoms with Crippen molar-refractivity contribution < 1.29 is 17.9 Å². The predicted molar refractivity (Wildman–Crippen MR) is 106 cm³/mol. The van der Waals surface area contributed by atoms with E-state index in [1.165, 1.54) is 12.1 Å². The molecular formula is C21H21F3N4O. The van der Waals surface area contributed by atoms with Crippen LogP contribution in [-0.2, 0) is 0 Å². The molecule has 0 saturated heterocycles. The van der Waals surface area contributed by atoms with Gasteiger partial charge in [-0.25, -0.2) is 23.1 Å². The van der Waals surface area contributed by atoms with Crippen molar-refractivity contribution in [3.8, 4) is 5.75 Å². The van der Waals surface area contributed by atoms with E-state index in [-0.39, 0.29) is 5.56 Å². The largest absolute Gasteiger partial charge is 0.489 e. The number of hydrogen-bond acceptors (Lipinski definition) is 5. The Morgan fingerprint density at radius 2 is 1.93 bits per heavy atom. The van der Waals surface area contributed by atoms with Gasteiger partial charge in [-0.05, 0) is 19.9 Å². The number of nitrogens with one attached hydrogen (secondary N) is 1. The van der Waals surface area contributed by atoms with Gasteiger partial charge in [0.05, 0.1) is 29.4 Å². The molecular weight excluding hydrogens is 381 g/mol. The monoisotopic (exact) mass is 402 g/mol. The number of alkyl halides is 2. The molecule has 29 heavy (non-hydrogen) atoms. The van der Waals surface area contributed by atoms with Crippen molar-refractivity contribution in [1.82, 2.24) is 9.97 Å². The van der Waals surface area contributed by atoms with E-state index in [2.05, 4.69) is 20.2 Å². The van der Waals surface area contributed by atoms with Crippen LogP contribution >= 0.6 is 0 Å². The molecule has 0 fully saturated rings. The lowest BCUT2D eigenvalue weighted by Crippen LogP contribution is -2.28. The van der Waals surface area contributed by atoms with Crippen LogP contribution < -0.4 is 15.0 Å². The second-order valence-electron chi connectivity index (χ2n) is 7.14. The van der Waals surface area contributed by atoms with Crippen molar-refractivity contribution in [2.24, 2.45) is 0 Å². The summed E-state index contributed by atoms with van der Waals surface area (Å²) in [7, 11) is 1.98. The number of likely N-dealkylation sites (N-methyl/N-ethyl adjacent to an activating group) is 1. The zero-order valence-electron chi connectivity index (χ0n) is 16.3. The van der Waals surface area contributed by atoms with Gasteiger partial charge < -0.3 is 15.0 Å². The van der Waals surface area contributed by atoms with E-state index >= 15 is 0 Å². The highest BCUT2D eigenvalue weighted by molar-refractivity contribution is 5.94. The maximum atomic E-state index is 14.6. The minimum absolute atomic E-state index is 0.158. The number of fused-ring (bicyclic) bond motifs is 2. The average Bonchev–Trinajstić information content (AvgIpc) is 2.67. The van der Waals surface area contributed by atoms with Gasteiger partial charge in [0.1, 0.15) is 29.8 Å². The molecule has 0 spiro atoms. The SMILES string of the molecule is Cc1nc(N[C@H](C)c2cccc(C(F)F)c2F)c2cc3c(cc2n1)OCCN3C. The quantitative estimate of drug-likeness (QED) is 0.664. The van der Waals surface area contributed by atoms with E-state index < -0.39 is 23.8 Å². The molecule has 0 saturated carbocycles. The van der Waals surface area contributed by atoms with Crippen molar-refractivity contribution in [2.75, 3.05) is 30.4 Å². The number of aromatic nitrogens is 2. The van der Waals surface area contributed by atoms with Gasteiger partial charge >= 0.3 is 0 Å². The molecule has 152 valence electrons. The minimum Gasteiger partial charge on any atom is -0.489 e. The van der Waals surface area contributed by atoms with Gasteiger partial charge in [-0.1, -0.05) is 18.2 Å². The van der Waals surface area contributed by atoms with Crippen LogP contribution in [0.2, 0.25) is 0 Å². The summed E-state index contributed by atoms with van der Waals surface area (Å²) in [6.07, 6.45) is -2.87. The first kappa shape index (κ1) is 19.3. The van der Waals surface area contributed by atoms with Crippen LogP contribution in [0.15, 0.2) is 30.3 Å². The first-order valence-corrected chi connectivity index (χ1v) is 9.34. The zero-order valence-corrected chi connectivity index (χ0v) is 16.3. The molecule has 0 amide bonds. The summed E-state index contributed by atoms with van der Waals surface area (Å²) in [5.74, 6) is 0.906. The summed E-state index contributed by atoms with van der Waals surface area (Å²) in [5, 5.41) is 3.93. The highest BCUT2D eigenvalue weighted by Gasteiger charge is 2.22. The number of aryl methyl sites for hydroxylation is 1. The van der Waals surface area contributed by atoms with Crippen LogP contribution in [0.25, 0.3) is 10.9 Å². The van der Waals surface area contributed by atoms with Crippen LogP contribution in [0.3, 0.4) is 0 Å². The number of benzene rings is 2. The molecule has 8 heteroatoms. The third-order valence-electron chi connectivity index (χ3n) is 5.10.